The van der Waals surface area contributed by atoms with Crippen molar-refractivity contribution in [2.75, 3.05) is 34.2 Å². The predicted molar refractivity (Wildman–Crippen MR) is 166 cm³/mol. The lowest BCUT2D eigenvalue weighted by Gasteiger charge is -2.21. The van der Waals surface area contributed by atoms with Crippen molar-refractivity contribution in [1.29, 1.82) is 0 Å². The lowest BCUT2D eigenvalue weighted by Crippen LogP contribution is -2.35. The Morgan fingerprint density at radius 2 is 1.53 bits per heavy atom. The van der Waals surface area contributed by atoms with Gasteiger partial charge in [-0.3, -0.25) is 24.0 Å². The van der Waals surface area contributed by atoms with Crippen LogP contribution in [0.3, 0.4) is 0 Å². The van der Waals surface area contributed by atoms with Crippen LogP contribution >= 0.6 is 17.1 Å². The number of nitrogens with zero attached hydrogens (tertiary/aromatic N) is 1. The number of carbonyl (C=O) groups excluding carboxylic acids is 5. The van der Waals surface area contributed by atoms with Gasteiger partial charge in [0.15, 0.2) is 6.73 Å². The van der Waals surface area contributed by atoms with Crippen molar-refractivity contribution in [2.45, 2.75) is 78.9 Å². The van der Waals surface area contributed by atoms with Gasteiger partial charge >= 0.3 is 17.9 Å². The monoisotopic (exact) mass is 661 g/mol. The Kier molecular flexibility index (Phi) is 14.1. The van der Waals surface area contributed by atoms with Gasteiger partial charge in [0.1, 0.15) is 5.25 Å². The first kappa shape index (κ1) is 37.1. The van der Waals surface area contributed by atoms with Crippen molar-refractivity contribution in [2.24, 2.45) is 17.3 Å². The third-order valence-electron chi connectivity index (χ3n) is 7.40. The van der Waals surface area contributed by atoms with Crippen LogP contribution in [0.2, 0.25) is 0 Å². The van der Waals surface area contributed by atoms with Crippen LogP contribution in [0.15, 0.2) is 22.8 Å². The first-order valence-corrected chi connectivity index (χ1v) is 18.4. The van der Waals surface area contributed by atoms with Gasteiger partial charge in [-0.1, -0.05) is 36.9 Å². The van der Waals surface area contributed by atoms with Crippen molar-refractivity contribution in [3.05, 3.63) is 22.8 Å². The van der Waals surface area contributed by atoms with Gasteiger partial charge in [0.2, 0.25) is 5.69 Å². The quantitative estimate of drug-likeness (QED) is 0.0856. The van der Waals surface area contributed by atoms with Crippen LogP contribution in [0, 0.1) is 17.3 Å². The Balaban J connectivity index is 0.000000311. The molecule has 0 aromatic heterocycles. The minimum absolute atomic E-state index is 0.123. The maximum atomic E-state index is 12.4. The van der Waals surface area contributed by atoms with Gasteiger partial charge in [-0.05, 0) is 76.5 Å². The summed E-state index contributed by atoms with van der Waals surface area (Å²) < 4.78 is 25.3. The number of hydrogen-bond donors (Lipinski definition) is 0. The Bertz CT molecular complexity index is 1160. The van der Waals surface area contributed by atoms with Crippen molar-refractivity contribution < 1.29 is 47.2 Å². The lowest BCUT2D eigenvalue weighted by molar-refractivity contribution is -0.157. The summed E-state index contributed by atoms with van der Waals surface area (Å²) in [6.07, 6.45) is 5.16. The van der Waals surface area contributed by atoms with E-state index in [0.717, 1.165) is 29.1 Å². The molecule has 0 spiro atoms. The van der Waals surface area contributed by atoms with Crippen LogP contribution in [-0.4, -0.2) is 74.0 Å². The number of amides is 2. The molecule has 3 aliphatic rings. The molecule has 1 aliphatic heterocycles. The SMILES string of the molecule is CC(C)=CC1C(C(=O)OCN2C(=O)C3=C(CCCC3)C2=O)C1(C)C.CCOC(=O)CC(SP(=S)(OC)OC)C(=O)OCC. The molecule has 14 heteroatoms. The van der Waals surface area contributed by atoms with Crippen molar-refractivity contribution >= 4 is 58.6 Å². The van der Waals surface area contributed by atoms with Gasteiger partial charge < -0.3 is 23.3 Å². The van der Waals surface area contributed by atoms with Crippen LogP contribution in [0.5, 0.6) is 0 Å². The van der Waals surface area contributed by atoms with Gasteiger partial charge in [0.05, 0.1) is 25.6 Å². The van der Waals surface area contributed by atoms with E-state index in [2.05, 4.69) is 6.08 Å². The lowest BCUT2D eigenvalue weighted by atomic mass is 9.93. The highest BCUT2D eigenvalue weighted by atomic mass is 32.9. The summed E-state index contributed by atoms with van der Waals surface area (Å²) in [5, 5.41) is -0.787. The third kappa shape index (κ3) is 9.72. The summed E-state index contributed by atoms with van der Waals surface area (Å²) >= 11 is 6.17. The first-order valence-electron chi connectivity index (χ1n) is 14.3. The average molecular weight is 662 g/mol. The highest BCUT2D eigenvalue weighted by molar-refractivity contribution is 8.68. The molecule has 2 aliphatic carbocycles. The van der Waals surface area contributed by atoms with Gasteiger partial charge in [0.25, 0.3) is 11.8 Å². The molecule has 0 N–H and O–H groups in total. The molecular formula is C29H44NO10PS2. The summed E-state index contributed by atoms with van der Waals surface area (Å²) in [5.74, 6) is -1.94. The standard InChI is InChI=1S/C19H25NO4.C10H19O6PS2/c1-11(2)9-14-15(19(14,3)4)18(23)24-10-20-16(21)12-7-5-6-8-13(12)17(20)22;1-5-15-9(11)7-8(10(12)16-6-2)19-17(18,13-3)14-4/h9,14-15H,5-8,10H2,1-4H3;8H,5-7H2,1-4H3. The molecule has 3 atom stereocenters. The Morgan fingerprint density at radius 1 is 1.00 bits per heavy atom. The summed E-state index contributed by atoms with van der Waals surface area (Å²) in [6, 6.07) is 0. The Hall–Kier alpha value is -2.05. The highest BCUT2D eigenvalue weighted by Gasteiger charge is 2.61. The number of esters is 3. The third-order valence-corrected chi connectivity index (χ3v) is 13.3. The zero-order valence-corrected chi connectivity index (χ0v) is 28.8. The fourth-order valence-electron chi connectivity index (χ4n) is 5.02. The minimum atomic E-state index is -2.65. The number of allylic oxidation sites excluding steroid dienone is 2. The molecule has 43 heavy (non-hydrogen) atoms. The number of rotatable bonds is 13. The van der Waals surface area contributed by atoms with Gasteiger partial charge in [-0.25, -0.2) is 4.90 Å². The van der Waals surface area contributed by atoms with E-state index in [1.54, 1.807) is 13.8 Å². The smallest absolute Gasteiger partial charge is 0.320 e. The molecule has 11 nitrogen and oxygen atoms in total. The largest absolute Gasteiger partial charge is 0.466 e. The molecule has 242 valence electrons. The van der Waals surface area contributed by atoms with E-state index in [1.165, 1.54) is 19.8 Å². The van der Waals surface area contributed by atoms with E-state index in [-0.39, 0.29) is 61.4 Å². The van der Waals surface area contributed by atoms with Crippen LogP contribution in [0.25, 0.3) is 0 Å². The van der Waals surface area contributed by atoms with E-state index in [0.29, 0.717) is 24.0 Å². The van der Waals surface area contributed by atoms with E-state index in [1.807, 2.05) is 27.7 Å². The molecule has 1 fully saturated rings. The Morgan fingerprint density at radius 3 is 2.00 bits per heavy atom. The molecule has 2 amide bonds. The summed E-state index contributed by atoms with van der Waals surface area (Å²) in [6.45, 7) is 11.7. The Labute approximate surface area is 263 Å². The highest BCUT2D eigenvalue weighted by Crippen LogP contribution is 2.62. The van der Waals surface area contributed by atoms with Gasteiger partial charge in [-0.2, -0.15) is 0 Å². The van der Waals surface area contributed by atoms with Crippen LogP contribution < -0.4 is 0 Å². The zero-order valence-electron chi connectivity index (χ0n) is 26.3. The molecule has 0 aromatic rings. The number of imide groups is 1. The number of ether oxygens (including phenoxy) is 3. The van der Waals surface area contributed by atoms with E-state index in [4.69, 9.17) is 35.1 Å². The molecule has 0 radical (unpaired) electrons. The summed E-state index contributed by atoms with van der Waals surface area (Å²) in [5.41, 5.74) is -0.368. The van der Waals surface area contributed by atoms with E-state index >= 15 is 0 Å². The number of hydrogen-bond acceptors (Lipinski definition) is 12. The molecule has 0 saturated heterocycles. The second-order valence-electron chi connectivity index (χ2n) is 11.0. The topological polar surface area (TPSA) is 135 Å². The van der Waals surface area contributed by atoms with Crippen LogP contribution in [-0.2, 0) is 59.0 Å². The summed E-state index contributed by atoms with van der Waals surface area (Å²) in [7, 11) is 2.81. The minimum Gasteiger partial charge on any atom is -0.466 e. The second-order valence-corrected chi connectivity index (χ2v) is 17.6. The van der Waals surface area contributed by atoms with Crippen molar-refractivity contribution in [1.82, 2.24) is 4.90 Å². The molecule has 1 heterocycles. The maximum Gasteiger partial charge on any atom is 0.320 e. The van der Waals surface area contributed by atoms with Gasteiger partial charge in [0, 0.05) is 25.4 Å². The van der Waals surface area contributed by atoms with Crippen LogP contribution in [0.1, 0.15) is 73.6 Å². The number of carbonyl (C=O) groups is 5. The molecule has 1 saturated carbocycles. The zero-order chi connectivity index (χ0) is 32.5. The molecule has 3 unspecified atom stereocenters. The molecular weight excluding hydrogens is 617 g/mol. The fourth-order valence-corrected chi connectivity index (χ4v) is 8.88. The van der Waals surface area contributed by atoms with Gasteiger partial charge in [-0.15, -0.1) is 0 Å². The molecule has 0 aromatic carbocycles. The van der Waals surface area contributed by atoms with E-state index in [9.17, 15) is 24.0 Å². The van der Waals surface area contributed by atoms with Crippen molar-refractivity contribution in [3.8, 4) is 0 Å². The predicted octanol–water partition coefficient (Wildman–Crippen LogP) is 5.09. The van der Waals surface area contributed by atoms with E-state index < -0.39 is 22.9 Å². The normalized spacial score (nSPS) is 21.3. The average Bonchev–Trinajstić information content (AvgIpc) is 3.40. The second kappa shape index (κ2) is 16.3. The summed E-state index contributed by atoms with van der Waals surface area (Å²) in [4.78, 5) is 61.4. The van der Waals surface area contributed by atoms with Crippen molar-refractivity contribution in [3.63, 3.8) is 0 Å². The first-order chi connectivity index (χ1) is 20.2. The van der Waals surface area contributed by atoms with Crippen LogP contribution in [0.4, 0.5) is 0 Å². The molecule has 0 bridgehead atoms. The fraction of sp³-hybridized carbons (Fsp3) is 0.690. The molecule has 3 rings (SSSR count). The maximum absolute atomic E-state index is 12.4.